The molecule has 0 fully saturated rings. The first-order valence-electron chi connectivity index (χ1n) is 3.13. The zero-order valence-corrected chi connectivity index (χ0v) is 5.86. The smallest absolute Gasteiger partial charge is 0.161 e. The van der Waals surface area contributed by atoms with E-state index in [1.54, 1.807) is 18.6 Å². The lowest BCUT2D eigenvalue weighted by molar-refractivity contribution is 0.861. The first-order chi connectivity index (χ1) is 4.84. The third-order valence-electron chi connectivity index (χ3n) is 1.18. The molecular formula is C6H10N4. The Balaban J connectivity index is 2.75. The van der Waals surface area contributed by atoms with Crippen molar-refractivity contribution in [2.24, 2.45) is 5.84 Å². The van der Waals surface area contributed by atoms with Crippen LogP contribution in [0.3, 0.4) is 0 Å². The molecule has 0 amide bonds. The quantitative estimate of drug-likeness (QED) is 0.467. The van der Waals surface area contributed by atoms with Crippen molar-refractivity contribution in [2.75, 3.05) is 11.6 Å². The second-order valence-electron chi connectivity index (χ2n) is 1.85. The largest absolute Gasteiger partial charge is 0.294 e. The Morgan fingerprint density at radius 3 is 2.90 bits per heavy atom. The first-order valence-corrected chi connectivity index (χ1v) is 3.13. The van der Waals surface area contributed by atoms with Gasteiger partial charge in [0.15, 0.2) is 5.82 Å². The average molecular weight is 138 g/mol. The van der Waals surface area contributed by atoms with Gasteiger partial charge < -0.3 is 0 Å². The molecule has 0 aliphatic carbocycles. The van der Waals surface area contributed by atoms with Crippen molar-refractivity contribution in [1.82, 2.24) is 9.97 Å². The number of rotatable bonds is 2. The van der Waals surface area contributed by atoms with E-state index in [2.05, 4.69) is 9.97 Å². The predicted octanol–water partition coefficient (Wildman–Crippen LogP) is 0.177. The molecule has 54 valence electrons. The summed E-state index contributed by atoms with van der Waals surface area (Å²) in [4.78, 5) is 7.86. The van der Waals surface area contributed by atoms with Gasteiger partial charge in [-0.1, -0.05) is 0 Å². The Labute approximate surface area is 59.7 Å². The highest BCUT2D eigenvalue weighted by Crippen LogP contribution is 2.00. The lowest BCUT2D eigenvalue weighted by atomic mass is 10.6. The fourth-order valence-corrected chi connectivity index (χ4v) is 0.602. The van der Waals surface area contributed by atoms with Crippen molar-refractivity contribution < 1.29 is 0 Å². The third-order valence-corrected chi connectivity index (χ3v) is 1.18. The van der Waals surface area contributed by atoms with Crippen molar-refractivity contribution in [3.05, 3.63) is 18.6 Å². The van der Waals surface area contributed by atoms with Gasteiger partial charge in [0.25, 0.3) is 0 Å². The molecule has 4 nitrogen and oxygen atoms in total. The van der Waals surface area contributed by atoms with Gasteiger partial charge in [0, 0.05) is 18.9 Å². The van der Waals surface area contributed by atoms with Crippen LogP contribution in [0.15, 0.2) is 18.6 Å². The van der Waals surface area contributed by atoms with E-state index < -0.39 is 0 Å². The molecular weight excluding hydrogens is 128 g/mol. The fraction of sp³-hybridized carbons (Fsp3) is 0.333. The minimum Gasteiger partial charge on any atom is -0.294 e. The summed E-state index contributed by atoms with van der Waals surface area (Å²) < 4.78 is 0. The Bertz CT molecular complexity index is 186. The van der Waals surface area contributed by atoms with Gasteiger partial charge in [0.1, 0.15) is 0 Å². The van der Waals surface area contributed by atoms with Crippen molar-refractivity contribution in [2.45, 2.75) is 6.92 Å². The van der Waals surface area contributed by atoms with Crippen LogP contribution in [-0.2, 0) is 0 Å². The molecule has 0 atom stereocenters. The molecule has 0 aliphatic heterocycles. The highest BCUT2D eigenvalue weighted by molar-refractivity contribution is 5.31. The number of aromatic nitrogens is 2. The Hall–Kier alpha value is -1.16. The number of nitrogens with zero attached hydrogens (tertiary/aromatic N) is 3. The van der Waals surface area contributed by atoms with E-state index in [1.807, 2.05) is 6.92 Å². The van der Waals surface area contributed by atoms with Crippen LogP contribution in [0, 0.1) is 0 Å². The summed E-state index contributed by atoms with van der Waals surface area (Å²) in [6.07, 6.45) is 4.86. The molecule has 0 radical (unpaired) electrons. The molecule has 0 bridgehead atoms. The standard InChI is InChI=1S/C6H10N4/c1-2-10(7)6-5-8-3-4-9-6/h3-5H,2,7H2,1H3. The Morgan fingerprint density at radius 2 is 2.40 bits per heavy atom. The predicted molar refractivity (Wildman–Crippen MR) is 39.2 cm³/mol. The van der Waals surface area contributed by atoms with Gasteiger partial charge in [-0.2, -0.15) is 0 Å². The van der Waals surface area contributed by atoms with Gasteiger partial charge >= 0.3 is 0 Å². The molecule has 0 aliphatic rings. The van der Waals surface area contributed by atoms with Crippen LogP contribution in [0.1, 0.15) is 6.92 Å². The van der Waals surface area contributed by atoms with Crippen LogP contribution < -0.4 is 10.9 Å². The van der Waals surface area contributed by atoms with Gasteiger partial charge in [-0.15, -0.1) is 0 Å². The molecule has 0 aromatic carbocycles. The molecule has 0 saturated heterocycles. The first kappa shape index (κ1) is 6.95. The van der Waals surface area contributed by atoms with Crippen LogP contribution >= 0.6 is 0 Å². The second-order valence-corrected chi connectivity index (χ2v) is 1.85. The van der Waals surface area contributed by atoms with Crippen molar-refractivity contribution in [3.63, 3.8) is 0 Å². The van der Waals surface area contributed by atoms with Gasteiger partial charge in [-0.3, -0.25) is 9.99 Å². The summed E-state index contributed by atoms with van der Waals surface area (Å²) in [6, 6.07) is 0. The van der Waals surface area contributed by atoms with Crippen LogP contribution in [-0.4, -0.2) is 16.5 Å². The number of nitrogens with two attached hydrogens (primary N) is 1. The van der Waals surface area contributed by atoms with E-state index in [1.165, 1.54) is 5.01 Å². The molecule has 0 saturated carbocycles. The van der Waals surface area contributed by atoms with E-state index in [-0.39, 0.29) is 0 Å². The summed E-state index contributed by atoms with van der Waals surface area (Å²) in [5.41, 5.74) is 0. The van der Waals surface area contributed by atoms with Crippen molar-refractivity contribution >= 4 is 5.82 Å². The lowest BCUT2D eigenvalue weighted by Gasteiger charge is -2.12. The second kappa shape index (κ2) is 3.12. The monoisotopic (exact) mass is 138 g/mol. The molecule has 0 unspecified atom stereocenters. The highest BCUT2D eigenvalue weighted by Gasteiger charge is 1.96. The minimum atomic E-state index is 0.699. The Morgan fingerprint density at radius 1 is 1.60 bits per heavy atom. The van der Waals surface area contributed by atoms with E-state index in [0.29, 0.717) is 5.82 Å². The SMILES string of the molecule is CCN(N)c1cnccn1. The summed E-state index contributed by atoms with van der Waals surface area (Å²) >= 11 is 0. The summed E-state index contributed by atoms with van der Waals surface area (Å²) in [5.74, 6) is 6.22. The zero-order chi connectivity index (χ0) is 7.40. The minimum absolute atomic E-state index is 0.699. The van der Waals surface area contributed by atoms with Crippen molar-refractivity contribution in [3.8, 4) is 0 Å². The molecule has 1 heterocycles. The molecule has 1 rings (SSSR count). The fourth-order valence-electron chi connectivity index (χ4n) is 0.602. The number of hydrogen-bond donors (Lipinski definition) is 1. The summed E-state index contributed by atoms with van der Waals surface area (Å²) in [5, 5.41) is 1.53. The molecule has 4 heteroatoms. The van der Waals surface area contributed by atoms with Crippen LogP contribution in [0.5, 0.6) is 0 Å². The zero-order valence-electron chi connectivity index (χ0n) is 5.86. The van der Waals surface area contributed by atoms with Gasteiger partial charge in [0.05, 0.1) is 6.20 Å². The van der Waals surface area contributed by atoms with Crippen LogP contribution in [0.25, 0.3) is 0 Å². The molecule has 2 N–H and O–H groups in total. The molecule has 1 aromatic heterocycles. The number of anilines is 1. The van der Waals surface area contributed by atoms with Gasteiger partial charge in [0.2, 0.25) is 0 Å². The maximum atomic E-state index is 5.53. The third kappa shape index (κ3) is 1.41. The van der Waals surface area contributed by atoms with Gasteiger partial charge in [-0.25, -0.2) is 10.8 Å². The van der Waals surface area contributed by atoms with Crippen LogP contribution in [0.2, 0.25) is 0 Å². The highest BCUT2D eigenvalue weighted by atomic mass is 15.4. The summed E-state index contributed by atoms with van der Waals surface area (Å²) in [7, 11) is 0. The van der Waals surface area contributed by atoms with E-state index in [4.69, 9.17) is 5.84 Å². The number of hydrogen-bond acceptors (Lipinski definition) is 4. The molecule has 1 aromatic rings. The van der Waals surface area contributed by atoms with E-state index >= 15 is 0 Å². The topological polar surface area (TPSA) is 55.0 Å². The Kier molecular flexibility index (Phi) is 2.17. The van der Waals surface area contributed by atoms with E-state index in [9.17, 15) is 0 Å². The number of hydrazine groups is 1. The molecule has 10 heavy (non-hydrogen) atoms. The maximum Gasteiger partial charge on any atom is 0.161 e. The van der Waals surface area contributed by atoms with Crippen LogP contribution in [0.4, 0.5) is 5.82 Å². The maximum absolute atomic E-state index is 5.53. The summed E-state index contributed by atoms with van der Waals surface area (Å²) in [6.45, 7) is 2.69. The van der Waals surface area contributed by atoms with Gasteiger partial charge in [-0.05, 0) is 6.92 Å². The normalized spacial score (nSPS) is 9.40. The average Bonchev–Trinajstić information content (AvgIpc) is 2.05. The van der Waals surface area contributed by atoms with E-state index in [0.717, 1.165) is 6.54 Å². The van der Waals surface area contributed by atoms with Crippen molar-refractivity contribution in [1.29, 1.82) is 0 Å². The molecule has 0 spiro atoms. The lowest BCUT2D eigenvalue weighted by Crippen LogP contribution is -2.31.